The second-order valence-corrected chi connectivity index (χ2v) is 7.26. The van der Waals surface area contributed by atoms with Gasteiger partial charge < -0.3 is 15.7 Å². The van der Waals surface area contributed by atoms with E-state index in [1.165, 1.54) is 24.0 Å². The van der Waals surface area contributed by atoms with Crippen LogP contribution in [0.4, 0.5) is 4.79 Å². The Morgan fingerprint density at radius 3 is 2.38 bits per heavy atom. The van der Waals surface area contributed by atoms with E-state index in [0.717, 1.165) is 37.7 Å². The van der Waals surface area contributed by atoms with Crippen molar-refractivity contribution in [2.75, 3.05) is 6.61 Å². The highest BCUT2D eigenvalue weighted by Crippen LogP contribution is 2.27. The molecule has 0 unspecified atom stereocenters. The van der Waals surface area contributed by atoms with Crippen LogP contribution in [0, 0.1) is 13.8 Å². The minimum atomic E-state index is -0.456. The smallest absolute Gasteiger partial charge is 0.315 e. The van der Waals surface area contributed by atoms with Gasteiger partial charge in [-0.3, -0.25) is 0 Å². The minimum absolute atomic E-state index is 0.00850. The summed E-state index contributed by atoms with van der Waals surface area (Å²) in [7, 11) is 0. The third-order valence-electron chi connectivity index (χ3n) is 5.39. The van der Waals surface area contributed by atoms with Crippen LogP contribution in [0.15, 0.2) is 18.2 Å². The molecule has 134 valence electrons. The topological polar surface area (TPSA) is 61.4 Å². The molecule has 1 fully saturated rings. The maximum Gasteiger partial charge on any atom is 0.315 e. The minimum Gasteiger partial charge on any atom is -0.394 e. The highest BCUT2D eigenvalue weighted by molar-refractivity contribution is 5.75. The molecule has 2 amide bonds. The Kier molecular flexibility index (Phi) is 6.67. The average molecular weight is 332 g/mol. The number of urea groups is 1. The van der Waals surface area contributed by atoms with Crippen molar-refractivity contribution in [2.24, 2.45) is 0 Å². The SMILES string of the molecule is CC[C@H](NC(=O)NC1(CO)CCCCCC1)c1ccc(C)c(C)c1. The first-order valence-corrected chi connectivity index (χ1v) is 9.26. The van der Waals surface area contributed by atoms with Crippen LogP contribution in [0.25, 0.3) is 0 Å². The van der Waals surface area contributed by atoms with Crippen molar-refractivity contribution in [1.82, 2.24) is 10.6 Å². The zero-order chi connectivity index (χ0) is 17.6. The molecule has 0 saturated heterocycles. The molecule has 1 aromatic rings. The van der Waals surface area contributed by atoms with Gasteiger partial charge in [0.1, 0.15) is 0 Å². The normalized spacial score (nSPS) is 18.5. The van der Waals surface area contributed by atoms with Gasteiger partial charge in [0, 0.05) is 0 Å². The summed E-state index contributed by atoms with van der Waals surface area (Å²) in [6.45, 7) is 6.28. The molecule has 3 N–H and O–H groups in total. The number of nitrogens with one attached hydrogen (secondary N) is 2. The molecule has 0 radical (unpaired) electrons. The van der Waals surface area contributed by atoms with E-state index in [-0.39, 0.29) is 18.7 Å². The molecule has 0 heterocycles. The van der Waals surface area contributed by atoms with E-state index in [2.05, 4.69) is 49.6 Å². The third-order valence-corrected chi connectivity index (χ3v) is 5.39. The summed E-state index contributed by atoms with van der Waals surface area (Å²) in [6.07, 6.45) is 7.05. The van der Waals surface area contributed by atoms with Gasteiger partial charge in [0.2, 0.25) is 0 Å². The monoisotopic (exact) mass is 332 g/mol. The molecule has 0 spiro atoms. The molecular weight excluding hydrogens is 300 g/mol. The zero-order valence-electron chi connectivity index (χ0n) is 15.3. The van der Waals surface area contributed by atoms with Crippen molar-refractivity contribution in [3.8, 4) is 0 Å². The van der Waals surface area contributed by atoms with E-state index in [1.807, 2.05) is 0 Å². The lowest BCUT2D eigenvalue weighted by Crippen LogP contribution is -2.54. The van der Waals surface area contributed by atoms with Gasteiger partial charge in [-0.05, 0) is 49.8 Å². The highest BCUT2D eigenvalue weighted by atomic mass is 16.3. The molecule has 0 aliphatic heterocycles. The molecule has 4 nitrogen and oxygen atoms in total. The Morgan fingerprint density at radius 1 is 1.17 bits per heavy atom. The Balaban J connectivity index is 2.04. The summed E-state index contributed by atoms with van der Waals surface area (Å²) in [5, 5.41) is 16.0. The Morgan fingerprint density at radius 2 is 1.83 bits per heavy atom. The first-order chi connectivity index (χ1) is 11.5. The number of aryl methyl sites for hydroxylation is 2. The quantitative estimate of drug-likeness (QED) is 0.710. The van der Waals surface area contributed by atoms with Crippen molar-refractivity contribution in [3.05, 3.63) is 34.9 Å². The molecule has 0 bridgehead atoms. The largest absolute Gasteiger partial charge is 0.394 e. The lowest BCUT2D eigenvalue weighted by molar-refractivity contribution is 0.144. The van der Waals surface area contributed by atoms with Gasteiger partial charge in [-0.1, -0.05) is 50.8 Å². The fraction of sp³-hybridized carbons (Fsp3) is 0.650. The van der Waals surface area contributed by atoms with E-state index >= 15 is 0 Å². The summed E-state index contributed by atoms with van der Waals surface area (Å²) >= 11 is 0. The van der Waals surface area contributed by atoms with Crippen LogP contribution in [0.1, 0.15) is 74.6 Å². The fourth-order valence-corrected chi connectivity index (χ4v) is 3.57. The number of aliphatic hydroxyl groups is 1. The number of rotatable bonds is 5. The fourth-order valence-electron chi connectivity index (χ4n) is 3.57. The zero-order valence-corrected chi connectivity index (χ0v) is 15.3. The van der Waals surface area contributed by atoms with Gasteiger partial charge in [-0.15, -0.1) is 0 Å². The lowest BCUT2D eigenvalue weighted by atomic mass is 9.91. The first-order valence-electron chi connectivity index (χ1n) is 9.26. The molecule has 1 atom stereocenters. The van der Waals surface area contributed by atoms with Gasteiger partial charge in [-0.25, -0.2) is 4.79 Å². The van der Waals surface area contributed by atoms with Crippen molar-refractivity contribution in [2.45, 2.75) is 77.3 Å². The Hall–Kier alpha value is -1.55. The highest BCUT2D eigenvalue weighted by Gasteiger charge is 2.32. The summed E-state index contributed by atoms with van der Waals surface area (Å²) in [6, 6.07) is 6.16. The second-order valence-electron chi connectivity index (χ2n) is 7.26. The van der Waals surface area contributed by atoms with Gasteiger partial charge in [0.15, 0.2) is 0 Å². The molecular formula is C20H32N2O2. The molecule has 1 aromatic carbocycles. The van der Waals surface area contributed by atoms with E-state index in [9.17, 15) is 9.90 Å². The van der Waals surface area contributed by atoms with Crippen LogP contribution in [0.3, 0.4) is 0 Å². The number of carbonyl (C=O) groups is 1. The number of amides is 2. The van der Waals surface area contributed by atoms with Crippen LogP contribution < -0.4 is 10.6 Å². The van der Waals surface area contributed by atoms with Crippen LogP contribution in [0.5, 0.6) is 0 Å². The summed E-state index contributed by atoms with van der Waals surface area (Å²) in [5.41, 5.74) is 3.18. The van der Waals surface area contributed by atoms with Gasteiger partial charge in [-0.2, -0.15) is 0 Å². The van der Waals surface area contributed by atoms with Crippen LogP contribution in [0.2, 0.25) is 0 Å². The standard InChI is InChI=1S/C20H32N2O2/c1-4-18(17-10-9-15(2)16(3)13-17)21-19(24)22-20(14-23)11-7-5-6-8-12-20/h9-10,13,18,23H,4-8,11-12,14H2,1-3H3,(H2,21,22,24)/t18-/m0/s1. The van der Waals surface area contributed by atoms with Crippen molar-refractivity contribution in [1.29, 1.82) is 0 Å². The Bertz CT molecular complexity index is 549. The maximum atomic E-state index is 12.5. The third kappa shape index (κ3) is 4.73. The lowest BCUT2D eigenvalue weighted by Gasteiger charge is -2.33. The number of hydrogen-bond donors (Lipinski definition) is 3. The molecule has 4 heteroatoms. The summed E-state index contributed by atoms with van der Waals surface area (Å²) < 4.78 is 0. The van der Waals surface area contributed by atoms with Crippen LogP contribution in [-0.4, -0.2) is 23.3 Å². The number of hydrogen-bond acceptors (Lipinski definition) is 2. The van der Waals surface area contributed by atoms with Gasteiger partial charge >= 0.3 is 6.03 Å². The van der Waals surface area contributed by atoms with E-state index in [1.54, 1.807) is 0 Å². The number of carbonyl (C=O) groups excluding carboxylic acids is 1. The second kappa shape index (κ2) is 8.52. The van der Waals surface area contributed by atoms with E-state index < -0.39 is 5.54 Å². The molecule has 24 heavy (non-hydrogen) atoms. The maximum absolute atomic E-state index is 12.5. The summed E-state index contributed by atoms with van der Waals surface area (Å²) in [5.74, 6) is 0. The van der Waals surface area contributed by atoms with Crippen LogP contribution in [-0.2, 0) is 0 Å². The van der Waals surface area contributed by atoms with Crippen molar-refractivity contribution in [3.63, 3.8) is 0 Å². The average Bonchev–Trinajstić information content (AvgIpc) is 2.81. The van der Waals surface area contributed by atoms with Gasteiger partial charge in [0.25, 0.3) is 0 Å². The molecule has 1 aliphatic rings. The van der Waals surface area contributed by atoms with Crippen LogP contribution >= 0.6 is 0 Å². The van der Waals surface area contributed by atoms with E-state index in [4.69, 9.17) is 0 Å². The predicted octanol–water partition coefficient (Wildman–Crippen LogP) is 4.14. The number of benzene rings is 1. The molecule has 1 aliphatic carbocycles. The Labute approximate surface area is 146 Å². The summed E-state index contributed by atoms with van der Waals surface area (Å²) in [4.78, 5) is 12.5. The van der Waals surface area contributed by atoms with Crippen molar-refractivity contribution < 1.29 is 9.90 Å². The van der Waals surface area contributed by atoms with E-state index in [0.29, 0.717) is 0 Å². The first kappa shape index (κ1) is 18.8. The molecule has 2 rings (SSSR count). The molecule has 1 saturated carbocycles. The number of aliphatic hydroxyl groups excluding tert-OH is 1. The van der Waals surface area contributed by atoms with Gasteiger partial charge in [0.05, 0.1) is 18.2 Å². The predicted molar refractivity (Wildman–Crippen MR) is 98.1 cm³/mol. The van der Waals surface area contributed by atoms with Crippen molar-refractivity contribution >= 4 is 6.03 Å². The molecule has 0 aromatic heterocycles.